The fraction of sp³-hybridized carbons (Fsp3) is 0.526. The minimum Gasteiger partial charge on any atom is -0.299 e. The largest absolute Gasteiger partial charge is 0.299 e. The van der Waals surface area contributed by atoms with Crippen LogP contribution in [0.25, 0.3) is 10.9 Å². The van der Waals surface area contributed by atoms with Gasteiger partial charge in [0, 0.05) is 24.5 Å². The fourth-order valence-electron chi connectivity index (χ4n) is 4.16. The number of fused-ring (bicyclic) bond motifs is 2. The Kier molecular flexibility index (Phi) is 4.27. The number of rotatable bonds is 2. The van der Waals surface area contributed by atoms with Gasteiger partial charge in [-0.2, -0.15) is 0 Å². The molecule has 122 valence electrons. The normalized spacial score (nSPS) is 23.1. The van der Waals surface area contributed by atoms with Crippen LogP contribution in [0.2, 0.25) is 5.02 Å². The molecule has 0 aliphatic carbocycles. The second-order valence-electron chi connectivity index (χ2n) is 6.94. The van der Waals surface area contributed by atoms with Gasteiger partial charge in [0.05, 0.1) is 16.2 Å². The fourth-order valence-corrected chi connectivity index (χ4v) is 4.36. The molecular formula is C19H24ClN3. The summed E-state index contributed by atoms with van der Waals surface area (Å²) in [6, 6.07) is 9.03. The summed E-state index contributed by atoms with van der Waals surface area (Å²) in [5, 5.41) is 2.01. The standard InChI is InChI=1S/C19H24ClN3/c1-14-16-7-2-3-8-17(16)21-18(19(14)20)13-22-9-5-11-23-10-4-6-15(23)12-22/h2-3,7-8,15H,4-6,9-13H2,1H3/t15-/m1/s1. The Morgan fingerprint density at radius 2 is 2.00 bits per heavy atom. The molecule has 0 saturated carbocycles. The zero-order valence-corrected chi connectivity index (χ0v) is 14.5. The van der Waals surface area contributed by atoms with E-state index in [1.54, 1.807) is 0 Å². The molecule has 1 aromatic heterocycles. The Balaban J connectivity index is 1.60. The van der Waals surface area contributed by atoms with Gasteiger partial charge in [-0.15, -0.1) is 0 Å². The quantitative estimate of drug-likeness (QED) is 0.834. The summed E-state index contributed by atoms with van der Waals surface area (Å²) in [6.45, 7) is 7.82. The van der Waals surface area contributed by atoms with Crippen LogP contribution in [-0.2, 0) is 6.54 Å². The first-order valence-electron chi connectivity index (χ1n) is 8.72. The van der Waals surface area contributed by atoms with Crippen LogP contribution >= 0.6 is 11.6 Å². The van der Waals surface area contributed by atoms with E-state index in [0.29, 0.717) is 0 Å². The van der Waals surface area contributed by atoms with Gasteiger partial charge in [0.15, 0.2) is 0 Å². The molecule has 0 amide bonds. The monoisotopic (exact) mass is 329 g/mol. The molecule has 23 heavy (non-hydrogen) atoms. The van der Waals surface area contributed by atoms with E-state index in [-0.39, 0.29) is 0 Å². The number of pyridine rings is 1. The van der Waals surface area contributed by atoms with Crippen LogP contribution in [0.1, 0.15) is 30.5 Å². The van der Waals surface area contributed by atoms with Crippen LogP contribution in [-0.4, -0.2) is 47.0 Å². The van der Waals surface area contributed by atoms with Gasteiger partial charge in [-0.3, -0.25) is 9.80 Å². The molecule has 0 unspecified atom stereocenters. The first-order chi connectivity index (χ1) is 11.2. The van der Waals surface area contributed by atoms with Crippen molar-refractivity contribution in [1.82, 2.24) is 14.8 Å². The van der Waals surface area contributed by atoms with Crippen molar-refractivity contribution in [2.75, 3.05) is 26.2 Å². The smallest absolute Gasteiger partial charge is 0.0740 e. The Morgan fingerprint density at radius 3 is 2.91 bits per heavy atom. The zero-order valence-electron chi connectivity index (χ0n) is 13.8. The third-order valence-corrected chi connectivity index (χ3v) is 5.91. The molecule has 3 heterocycles. The van der Waals surface area contributed by atoms with E-state index in [4.69, 9.17) is 16.6 Å². The number of nitrogens with zero attached hydrogens (tertiary/aromatic N) is 3. The van der Waals surface area contributed by atoms with Crippen molar-refractivity contribution >= 4 is 22.5 Å². The average molecular weight is 330 g/mol. The third kappa shape index (κ3) is 2.98. The van der Waals surface area contributed by atoms with Crippen LogP contribution in [0.15, 0.2) is 24.3 Å². The average Bonchev–Trinajstić information content (AvgIpc) is 2.91. The van der Waals surface area contributed by atoms with E-state index >= 15 is 0 Å². The van der Waals surface area contributed by atoms with Crippen LogP contribution in [0.5, 0.6) is 0 Å². The molecule has 0 radical (unpaired) electrons. The molecule has 1 aromatic carbocycles. The van der Waals surface area contributed by atoms with Crippen LogP contribution < -0.4 is 0 Å². The number of halogens is 1. The SMILES string of the molecule is Cc1c(Cl)c(CN2CCCN3CCC[C@@H]3C2)nc2ccccc12. The highest BCUT2D eigenvalue weighted by Crippen LogP contribution is 2.29. The predicted molar refractivity (Wildman–Crippen MR) is 96.0 cm³/mol. The van der Waals surface area contributed by atoms with Crippen molar-refractivity contribution in [3.63, 3.8) is 0 Å². The summed E-state index contributed by atoms with van der Waals surface area (Å²) in [7, 11) is 0. The third-order valence-electron chi connectivity index (χ3n) is 5.41. The van der Waals surface area contributed by atoms with Crippen molar-refractivity contribution in [3.8, 4) is 0 Å². The van der Waals surface area contributed by atoms with Crippen molar-refractivity contribution in [2.45, 2.75) is 38.8 Å². The molecule has 0 N–H and O–H groups in total. The number of hydrogen-bond acceptors (Lipinski definition) is 3. The first-order valence-corrected chi connectivity index (χ1v) is 9.10. The number of benzene rings is 1. The van der Waals surface area contributed by atoms with E-state index in [2.05, 4.69) is 41.0 Å². The van der Waals surface area contributed by atoms with Gasteiger partial charge in [0.1, 0.15) is 0 Å². The van der Waals surface area contributed by atoms with Gasteiger partial charge in [-0.25, -0.2) is 4.98 Å². The molecule has 2 fully saturated rings. The summed E-state index contributed by atoms with van der Waals surface area (Å²) in [6.07, 6.45) is 3.95. The molecule has 4 heteroatoms. The lowest BCUT2D eigenvalue weighted by atomic mass is 10.1. The van der Waals surface area contributed by atoms with E-state index in [9.17, 15) is 0 Å². The molecule has 3 nitrogen and oxygen atoms in total. The Morgan fingerprint density at radius 1 is 1.17 bits per heavy atom. The van der Waals surface area contributed by atoms with Gasteiger partial charge in [0.2, 0.25) is 0 Å². The maximum absolute atomic E-state index is 6.64. The minimum absolute atomic E-state index is 0.734. The minimum atomic E-state index is 0.734. The lowest BCUT2D eigenvalue weighted by molar-refractivity contribution is 0.214. The molecule has 2 aliphatic rings. The number of aryl methyl sites for hydroxylation is 1. The highest BCUT2D eigenvalue weighted by Gasteiger charge is 2.29. The predicted octanol–water partition coefficient (Wildman–Crippen LogP) is 3.87. The topological polar surface area (TPSA) is 19.4 Å². The van der Waals surface area contributed by atoms with Gasteiger partial charge < -0.3 is 0 Å². The molecule has 1 atom stereocenters. The maximum Gasteiger partial charge on any atom is 0.0740 e. The van der Waals surface area contributed by atoms with Gasteiger partial charge in [0.25, 0.3) is 0 Å². The lowest BCUT2D eigenvalue weighted by Crippen LogP contribution is -2.36. The van der Waals surface area contributed by atoms with Crippen molar-refractivity contribution in [3.05, 3.63) is 40.5 Å². The molecule has 0 spiro atoms. The van der Waals surface area contributed by atoms with Crippen LogP contribution in [0, 0.1) is 6.92 Å². The van der Waals surface area contributed by atoms with Crippen molar-refractivity contribution < 1.29 is 0 Å². The lowest BCUT2D eigenvalue weighted by Gasteiger charge is -2.25. The summed E-state index contributed by atoms with van der Waals surface area (Å²) < 4.78 is 0. The highest BCUT2D eigenvalue weighted by molar-refractivity contribution is 6.32. The van der Waals surface area contributed by atoms with Gasteiger partial charge >= 0.3 is 0 Å². The molecule has 2 aliphatic heterocycles. The van der Waals surface area contributed by atoms with Crippen LogP contribution in [0.3, 0.4) is 0 Å². The highest BCUT2D eigenvalue weighted by atomic mass is 35.5. The molecule has 0 bridgehead atoms. The molecule has 4 rings (SSSR count). The summed E-state index contributed by atoms with van der Waals surface area (Å²) in [5.74, 6) is 0. The van der Waals surface area contributed by atoms with E-state index in [0.717, 1.165) is 47.5 Å². The van der Waals surface area contributed by atoms with E-state index < -0.39 is 0 Å². The Labute approximate surface area is 143 Å². The summed E-state index contributed by atoms with van der Waals surface area (Å²) >= 11 is 6.64. The summed E-state index contributed by atoms with van der Waals surface area (Å²) in [5.41, 5.74) is 3.25. The van der Waals surface area contributed by atoms with Crippen molar-refractivity contribution in [1.29, 1.82) is 0 Å². The van der Waals surface area contributed by atoms with Crippen molar-refractivity contribution in [2.24, 2.45) is 0 Å². The number of hydrogen-bond donors (Lipinski definition) is 0. The Bertz CT molecular complexity index is 715. The molecule has 2 aromatic rings. The zero-order chi connectivity index (χ0) is 15.8. The second-order valence-corrected chi connectivity index (χ2v) is 7.31. The number of aromatic nitrogens is 1. The maximum atomic E-state index is 6.64. The van der Waals surface area contributed by atoms with E-state index in [1.807, 2.05) is 0 Å². The van der Waals surface area contributed by atoms with Crippen LogP contribution in [0.4, 0.5) is 0 Å². The van der Waals surface area contributed by atoms with E-state index in [1.165, 1.54) is 37.7 Å². The number of para-hydroxylation sites is 1. The first kappa shape index (κ1) is 15.4. The molecular weight excluding hydrogens is 306 g/mol. The Hall–Kier alpha value is -1.16. The van der Waals surface area contributed by atoms with Gasteiger partial charge in [-0.05, 0) is 57.5 Å². The molecule has 2 saturated heterocycles. The summed E-state index contributed by atoms with van der Waals surface area (Å²) in [4.78, 5) is 10.1. The van der Waals surface area contributed by atoms with Gasteiger partial charge in [-0.1, -0.05) is 29.8 Å². The second kappa shape index (κ2) is 6.39.